The SMILES string of the molecule is COc1ccc(C(=O)N(C)CC(=O)N2N=C(c3cccs3)C[C@@H]2c2ccccc2F)cc1. The van der Waals surface area contributed by atoms with E-state index in [4.69, 9.17) is 4.74 Å². The molecule has 1 aromatic heterocycles. The average molecular weight is 452 g/mol. The molecular weight excluding hydrogens is 429 g/mol. The number of hydrogen-bond acceptors (Lipinski definition) is 5. The molecule has 0 saturated heterocycles. The molecule has 4 rings (SSSR count). The number of carbonyl (C=O) groups is 2. The van der Waals surface area contributed by atoms with Gasteiger partial charge in [0.1, 0.15) is 18.1 Å². The van der Waals surface area contributed by atoms with Crippen LogP contribution in [-0.2, 0) is 4.79 Å². The van der Waals surface area contributed by atoms with Gasteiger partial charge in [-0.3, -0.25) is 9.59 Å². The lowest BCUT2D eigenvalue weighted by Crippen LogP contribution is -2.39. The number of thiophene rings is 1. The van der Waals surface area contributed by atoms with Crippen molar-refractivity contribution in [3.63, 3.8) is 0 Å². The molecule has 0 bridgehead atoms. The minimum atomic E-state index is -0.565. The largest absolute Gasteiger partial charge is 0.497 e. The molecule has 2 heterocycles. The predicted octanol–water partition coefficient (Wildman–Crippen LogP) is 4.35. The van der Waals surface area contributed by atoms with E-state index in [1.807, 2.05) is 17.5 Å². The summed E-state index contributed by atoms with van der Waals surface area (Å²) in [7, 11) is 3.11. The summed E-state index contributed by atoms with van der Waals surface area (Å²) in [5.41, 5.74) is 1.57. The highest BCUT2D eigenvalue weighted by molar-refractivity contribution is 7.12. The molecule has 0 saturated carbocycles. The minimum Gasteiger partial charge on any atom is -0.497 e. The normalized spacial score (nSPS) is 15.4. The van der Waals surface area contributed by atoms with Gasteiger partial charge in [-0.2, -0.15) is 5.10 Å². The van der Waals surface area contributed by atoms with Crippen LogP contribution in [0.2, 0.25) is 0 Å². The molecule has 3 aromatic rings. The summed E-state index contributed by atoms with van der Waals surface area (Å²) < 4.78 is 19.7. The molecule has 2 amide bonds. The summed E-state index contributed by atoms with van der Waals surface area (Å²) in [6, 6.07) is 16.3. The van der Waals surface area contributed by atoms with E-state index in [0.717, 1.165) is 10.6 Å². The maximum atomic E-state index is 14.6. The number of benzene rings is 2. The molecule has 6 nitrogen and oxygen atoms in total. The molecule has 0 aliphatic carbocycles. The zero-order valence-electron chi connectivity index (χ0n) is 17.7. The van der Waals surface area contributed by atoms with Gasteiger partial charge in [0.2, 0.25) is 0 Å². The Labute approximate surface area is 189 Å². The topological polar surface area (TPSA) is 62.2 Å². The highest BCUT2D eigenvalue weighted by Gasteiger charge is 2.35. The van der Waals surface area contributed by atoms with Crippen molar-refractivity contribution in [2.24, 2.45) is 5.10 Å². The molecule has 2 aromatic carbocycles. The number of methoxy groups -OCH3 is 1. The Morgan fingerprint density at radius 1 is 1.16 bits per heavy atom. The first-order chi connectivity index (χ1) is 15.5. The van der Waals surface area contributed by atoms with Crippen LogP contribution in [0.25, 0.3) is 0 Å². The third-order valence-electron chi connectivity index (χ3n) is 5.29. The third-order valence-corrected chi connectivity index (χ3v) is 6.21. The zero-order valence-corrected chi connectivity index (χ0v) is 18.5. The van der Waals surface area contributed by atoms with E-state index in [9.17, 15) is 14.0 Å². The molecule has 32 heavy (non-hydrogen) atoms. The standard InChI is InChI=1S/C24H22FN3O3S/c1-27(24(30)16-9-11-17(31-2)12-10-16)15-23(29)28-21(18-6-3-4-7-19(18)25)14-20(26-28)22-8-5-13-32-22/h3-13,21H,14-15H2,1-2H3/t21-/m1/s1. The molecule has 1 atom stereocenters. The van der Waals surface area contributed by atoms with Crippen LogP contribution in [0.3, 0.4) is 0 Å². The number of hydrazone groups is 1. The van der Waals surface area contributed by atoms with Gasteiger partial charge < -0.3 is 9.64 Å². The van der Waals surface area contributed by atoms with Crippen LogP contribution in [0.4, 0.5) is 4.39 Å². The van der Waals surface area contributed by atoms with Crippen LogP contribution in [0.1, 0.15) is 33.3 Å². The van der Waals surface area contributed by atoms with Crippen LogP contribution >= 0.6 is 11.3 Å². The third kappa shape index (κ3) is 4.40. The smallest absolute Gasteiger partial charge is 0.262 e. The van der Waals surface area contributed by atoms with Crippen LogP contribution in [0.5, 0.6) is 5.75 Å². The van der Waals surface area contributed by atoms with E-state index >= 15 is 0 Å². The number of rotatable bonds is 6. The fraction of sp³-hybridized carbons (Fsp3) is 0.208. The van der Waals surface area contributed by atoms with E-state index < -0.39 is 6.04 Å². The number of ether oxygens (including phenoxy) is 1. The quantitative estimate of drug-likeness (QED) is 0.560. The highest BCUT2D eigenvalue weighted by atomic mass is 32.1. The van der Waals surface area contributed by atoms with Gasteiger partial charge in [-0.25, -0.2) is 9.40 Å². The van der Waals surface area contributed by atoms with Gasteiger partial charge in [0.05, 0.1) is 23.7 Å². The Bertz CT molecular complexity index is 1150. The summed E-state index contributed by atoms with van der Waals surface area (Å²) >= 11 is 1.52. The maximum Gasteiger partial charge on any atom is 0.262 e. The summed E-state index contributed by atoms with van der Waals surface area (Å²) in [5.74, 6) is -0.430. The van der Waals surface area contributed by atoms with Gasteiger partial charge in [0, 0.05) is 24.6 Å². The average Bonchev–Trinajstić information content (AvgIpc) is 3.49. The fourth-order valence-corrected chi connectivity index (χ4v) is 4.34. The first kappa shape index (κ1) is 21.7. The maximum absolute atomic E-state index is 14.6. The van der Waals surface area contributed by atoms with Crippen molar-refractivity contribution in [3.8, 4) is 5.75 Å². The van der Waals surface area contributed by atoms with Gasteiger partial charge in [-0.1, -0.05) is 24.3 Å². The lowest BCUT2D eigenvalue weighted by atomic mass is 10.0. The number of carbonyl (C=O) groups excluding carboxylic acids is 2. The summed E-state index contributed by atoms with van der Waals surface area (Å²) in [6.45, 7) is -0.183. The summed E-state index contributed by atoms with van der Waals surface area (Å²) in [5, 5.41) is 7.77. The van der Waals surface area contributed by atoms with E-state index in [0.29, 0.717) is 23.3 Å². The predicted molar refractivity (Wildman–Crippen MR) is 121 cm³/mol. The lowest BCUT2D eigenvalue weighted by molar-refractivity contribution is -0.133. The first-order valence-corrected chi connectivity index (χ1v) is 10.9. The van der Waals surface area contributed by atoms with Gasteiger partial charge in [-0.05, 0) is 41.8 Å². The van der Waals surface area contributed by atoms with Gasteiger partial charge in [-0.15, -0.1) is 11.3 Å². The second-order valence-corrected chi connectivity index (χ2v) is 8.34. The molecule has 1 aliphatic heterocycles. The van der Waals surface area contributed by atoms with Crippen LogP contribution in [0.15, 0.2) is 71.1 Å². The Morgan fingerprint density at radius 3 is 2.56 bits per heavy atom. The number of hydrogen-bond donors (Lipinski definition) is 0. The molecule has 164 valence electrons. The zero-order chi connectivity index (χ0) is 22.7. The van der Waals surface area contributed by atoms with Crippen LogP contribution in [0, 0.1) is 5.82 Å². The number of likely N-dealkylation sites (N-methyl/N-ethyl adjacent to an activating group) is 1. The molecule has 0 N–H and O–H groups in total. The molecule has 0 spiro atoms. The lowest BCUT2D eigenvalue weighted by Gasteiger charge is -2.25. The Hall–Kier alpha value is -3.52. The van der Waals surface area contributed by atoms with E-state index in [2.05, 4.69) is 5.10 Å². The highest BCUT2D eigenvalue weighted by Crippen LogP contribution is 2.35. The summed E-state index contributed by atoms with van der Waals surface area (Å²) in [6.07, 6.45) is 0.406. The van der Waals surface area contributed by atoms with Crippen LogP contribution < -0.4 is 4.74 Å². The van der Waals surface area contributed by atoms with Crippen molar-refractivity contribution in [2.45, 2.75) is 12.5 Å². The van der Waals surface area contributed by atoms with Gasteiger partial charge >= 0.3 is 0 Å². The first-order valence-electron chi connectivity index (χ1n) is 10.0. The molecular formula is C24H22FN3O3S. The monoisotopic (exact) mass is 451 g/mol. The van der Waals surface area contributed by atoms with Crippen molar-refractivity contribution >= 4 is 28.9 Å². The molecule has 0 unspecified atom stereocenters. The Balaban J connectivity index is 1.55. The van der Waals surface area contributed by atoms with E-state index in [1.54, 1.807) is 56.6 Å². The second-order valence-electron chi connectivity index (χ2n) is 7.39. The molecule has 0 fully saturated rings. The van der Waals surface area contributed by atoms with Crippen molar-refractivity contribution < 1.29 is 18.7 Å². The van der Waals surface area contributed by atoms with E-state index in [-0.39, 0.29) is 24.2 Å². The van der Waals surface area contributed by atoms with E-state index in [1.165, 1.54) is 27.3 Å². The number of nitrogens with zero attached hydrogens (tertiary/aromatic N) is 3. The van der Waals surface area contributed by atoms with Gasteiger partial charge in [0.15, 0.2) is 0 Å². The molecule has 8 heteroatoms. The Morgan fingerprint density at radius 2 is 1.91 bits per heavy atom. The molecule has 0 radical (unpaired) electrons. The molecule has 1 aliphatic rings. The number of halogens is 1. The van der Waals surface area contributed by atoms with Crippen molar-refractivity contribution in [3.05, 3.63) is 87.9 Å². The van der Waals surface area contributed by atoms with Crippen molar-refractivity contribution in [1.29, 1.82) is 0 Å². The second kappa shape index (κ2) is 9.32. The van der Waals surface area contributed by atoms with Gasteiger partial charge in [0.25, 0.3) is 11.8 Å². The van der Waals surface area contributed by atoms with Crippen molar-refractivity contribution in [2.75, 3.05) is 20.7 Å². The van der Waals surface area contributed by atoms with Crippen LogP contribution in [-0.4, -0.2) is 48.1 Å². The fourth-order valence-electron chi connectivity index (χ4n) is 3.62. The Kier molecular flexibility index (Phi) is 6.32. The van der Waals surface area contributed by atoms with Crippen molar-refractivity contribution in [1.82, 2.24) is 9.91 Å². The minimum absolute atomic E-state index is 0.183. The number of amides is 2. The summed E-state index contributed by atoms with van der Waals surface area (Å²) in [4.78, 5) is 28.2.